The predicted octanol–water partition coefficient (Wildman–Crippen LogP) is 5.62. The quantitative estimate of drug-likeness (QED) is 0.149. The lowest BCUT2D eigenvalue weighted by molar-refractivity contribution is 0.185. The molecule has 4 aromatic rings. The van der Waals surface area contributed by atoms with E-state index in [0.29, 0.717) is 29.1 Å². The minimum absolute atomic E-state index is 0.0179. The molecule has 0 fully saturated rings. The Hall–Kier alpha value is -3.61. The third-order valence-corrected chi connectivity index (χ3v) is 9.04. The van der Waals surface area contributed by atoms with E-state index in [0.717, 1.165) is 65.6 Å². The van der Waals surface area contributed by atoms with Crippen molar-refractivity contribution in [1.29, 1.82) is 0 Å². The first-order valence-electron chi connectivity index (χ1n) is 14.7. The summed E-state index contributed by atoms with van der Waals surface area (Å²) in [6, 6.07) is 9.04. The summed E-state index contributed by atoms with van der Waals surface area (Å²) in [5.74, 6) is 1.97. The molecule has 0 aliphatic heterocycles. The van der Waals surface area contributed by atoms with E-state index in [1.165, 1.54) is 13.2 Å². The molecule has 3 heterocycles. The molecule has 3 aromatic heterocycles. The summed E-state index contributed by atoms with van der Waals surface area (Å²) in [6.45, 7) is 8.41. The number of ether oxygens (including phenoxy) is 2. The molecule has 0 spiro atoms. The van der Waals surface area contributed by atoms with Crippen molar-refractivity contribution in [3.05, 3.63) is 70.6 Å². The zero-order valence-corrected chi connectivity index (χ0v) is 26.8. The van der Waals surface area contributed by atoms with Crippen molar-refractivity contribution >= 4 is 15.9 Å². The lowest BCUT2D eigenvalue weighted by atomic mass is 10.0. The Kier molecular flexibility index (Phi) is 11.1. The van der Waals surface area contributed by atoms with E-state index in [-0.39, 0.29) is 24.1 Å². The first kappa shape index (κ1) is 32.3. The van der Waals surface area contributed by atoms with Gasteiger partial charge in [0.2, 0.25) is 5.88 Å². The highest BCUT2D eigenvalue weighted by Gasteiger charge is 2.33. The van der Waals surface area contributed by atoms with Gasteiger partial charge in [-0.15, -0.1) is 0 Å². The first-order valence-corrected chi connectivity index (χ1v) is 16.1. The van der Waals surface area contributed by atoms with Gasteiger partial charge in [0, 0.05) is 44.4 Å². The average Bonchev–Trinajstić information content (AvgIpc) is 3.54. The van der Waals surface area contributed by atoms with Crippen LogP contribution >= 0.6 is 0 Å². The normalized spacial score (nSPS) is 11.8. The Morgan fingerprint density at radius 3 is 2.47 bits per heavy atom. The fourth-order valence-corrected chi connectivity index (χ4v) is 6.38. The molecular formula is C31H42N6O5S. The summed E-state index contributed by atoms with van der Waals surface area (Å²) >= 11 is 0. The number of aryl methyl sites for hydroxylation is 3. The van der Waals surface area contributed by atoms with Gasteiger partial charge in [-0.3, -0.25) is 4.98 Å². The van der Waals surface area contributed by atoms with Gasteiger partial charge in [0.1, 0.15) is 17.5 Å². The van der Waals surface area contributed by atoms with Crippen molar-refractivity contribution in [3.63, 3.8) is 0 Å². The van der Waals surface area contributed by atoms with E-state index in [1.54, 1.807) is 33.2 Å². The second-order valence-electron chi connectivity index (χ2n) is 10.6. The molecule has 0 bridgehead atoms. The van der Waals surface area contributed by atoms with Crippen molar-refractivity contribution in [1.82, 2.24) is 24.9 Å². The number of hydrogen-bond acceptors (Lipinski definition) is 9. The van der Waals surface area contributed by atoms with Crippen molar-refractivity contribution in [2.45, 2.75) is 84.3 Å². The number of aromatic nitrogens is 5. The zero-order chi connectivity index (χ0) is 31.0. The fraction of sp³-hybridized carbons (Fsp3) is 0.484. The highest BCUT2D eigenvalue weighted by Crippen LogP contribution is 2.34. The first-order chi connectivity index (χ1) is 20.7. The second-order valence-corrected chi connectivity index (χ2v) is 12.4. The molecule has 0 radical (unpaired) electrons. The number of rotatable bonds is 16. The number of sulfonamides is 1. The van der Waals surface area contributed by atoms with Gasteiger partial charge in [0.15, 0.2) is 5.82 Å². The molecule has 43 heavy (non-hydrogen) atoms. The third kappa shape index (κ3) is 7.31. The van der Waals surface area contributed by atoms with Gasteiger partial charge in [-0.25, -0.2) is 22.4 Å². The molecule has 0 atom stereocenters. The van der Waals surface area contributed by atoms with Crippen LogP contribution in [-0.2, 0) is 45.5 Å². The van der Waals surface area contributed by atoms with Gasteiger partial charge in [0.25, 0.3) is 10.0 Å². The molecule has 12 heteroatoms. The molecule has 4 rings (SSSR count). The summed E-state index contributed by atoms with van der Waals surface area (Å²) < 4.78 is 47.6. The van der Waals surface area contributed by atoms with Gasteiger partial charge in [-0.05, 0) is 49.9 Å². The lowest BCUT2D eigenvalue weighted by Gasteiger charge is -2.22. The van der Waals surface area contributed by atoms with E-state index in [2.05, 4.69) is 24.0 Å². The number of benzene rings is 1. The monoisotopic (exact) mass is 610 g/mol. The molecular weight excluding hydrogens is 568 g/mol. The van der Waals surface area contributed by atoms with E-state index in [9.17, 15) is 8.42 Å². The molecule has 0 saturated carbocycles. The summed E-state index contributed by atoms with van der Waals surface area (Å²) in [5, 5.41) is 8.77. The van der Waals surface area contributed by atoms with Gasteiger partial charge < -0.3 is 14.0 Å². The fourth-order valence-electron chi connectivity index (χ4n) is 4.85. The summed E-state index contributed by atoms with van der Waals surface area (Å²) in [6.07, 6.45) is 7.58. The molecule has 232 valence electrons. The number of methoxy groups -OCH3 is 2. The van der Waals surface area contributed by atoms with Crippen LogP contribution in [0.5, 0.6) is 0 Å². The van der Waals surface area contributed by atoms with Crippen LogP contribution in [0.2, 0.25) is 0 Å². The highest BCUT2D eigenvalue weighted by atomic mass is 32.2. The van der Waals surface area contributed by atoms with Crippen LogP contribution in [0.15, 0.2) is 45.9 Å². The van der Waals surface area contributed by atoms with E-state index < -0.39 is 10.0 Å². The molecule has 0 aliphatic rings. The minimum Gasteiger partial charge on any atom is -0.380 e. The van der Waals surface area contributed by atoms with Crippen LogP contribution in [0.25, 0.3) is 11.3 Å². The summed E-state index contributed by atoms with van der Waals surface area (Å²) in [4.78, 5) is 9.39. The highest BCUT2D eigenvalue weighted by molar-refractivity contribution is 7.93. The van der Waals surface area contributed by atoms with E-state index in [4.69, 9.17) is 24.1 Å². The maximum Gasteiger partial charge on any atom is 0.270 e. The smallest absolute Gasteiger partial charge is 0.270 e. The predicted molar refractivity (Wildman–Crippen MR) is 164 cm³/mol. The Morgan fingerprint density at radius 1 is 1.02 bits per heavy atom. The van der Waals surface area contributed by atoms with Gasteiger partial charge in [-0.2, -0.15) is 5.10 Å². The topological polar surface area (TPSA) is 125 Å². The summed E-state index contributed by atoms with van der Waals surface area (Å²) in [7, 11) is -1.13. The molecule has 0 unspecified atom stereocenters. The number of unbranched alkanes of at least 4 members (excludes halogenated alkanes) is 2. The minimum atomic E-state index is -4.17. The standard InChI is InChI=1S/C31H42N6O5S/c1-7-9-13-28-33-29(14-10-8-2)36(34-28)19-24-15-16-26(25(18-24)20-40-5)30-27(12-11-17-32-30)43(38,39)37(21-41-6)31-22(3)23(4)35-42-31/h11-12,15-18H,7-10,13-14,19-21H2,1-6H3. The Labute approximate surface area is 254 Å². The van der Waals surface area contributed by atoms with Crippen molar-refractivity contribution in [3.8, 4) is 11.3 Å². The van der Waals surface area contributed by atoms with Crippen molar-refractivity contribution in [2.75, 3.05) is 25.3 Å². The SMILES string of the molecule is CCCCc1nc(CCCC)n(Cc2ccc(-c3ncccc3S(=O)(=O)N(COC)c3onc(C)c3C)c(COC)c2)n1. The molecule has 11 nitrogen and oxygen atoms in total. The van der Waals surface area contributed by atoms with Gasteiger partial charge in [0.05, 0.1) is 24.5 Å². The Balaban J connectivity index is 1.74. The van der Waals surface area contributed by atoms with E-state index in [1.807, 2.05) is 22.9 Å². The van der Waals surface area contributed by atoms with Crippen LogP contribution in [0.4, 0.5) is 5.88 Å². The molecule has 0 saturated heterocycles. The number of hydrogen-bond donors (Lipinski definition) is 0. The maximum absolute atomic E-state index is 14.1. The largest absolute Gasteiger partial charge is 0.380 e. The van der Waals surface area contributed by atoms with E-state index >= 15 is 0 Å². The second kappa shape index (κ2) is 14.7. The number of anilines is 1. The molecule has 0 aliphatic carbocycles. The third-order valence-electron chi connectivity index (χ3n) is 7.30. The maximum atomic E-state index is 14.1. The van der Waals surface area contributed by atoms with Crippen molar-refractivity contribution in [2.24, 2.45) is 0 Å². The molecule has 1 aromatic carbocycles. The number of pyridine rings is 1. The van der Waals surface area contributed by atoms with Crippen LogP contribution in [-0.4, -0.2) is 54.3 Å². The zero-order valence-electron chi connectivity index (χ0n) is 26.0. The van der Waals surface area contributed by atoms with Crippen LogP contribution in [0.1, 0.15) is 73.6 Å². The van der Waals surface area contributed by atoms with Gasteiger partial charge in [-0.1, -0.05) is 50.0 Å². The van der Waals surface area contributed by atoms with Gasteiger partial charge >= 0.3 is 0 Å². The molecule has 0 N–H and O–H groups in total. The van der Waals surface area contributed by atoms with Crippen molar-refractivity contribution < 1.29 is 22.4 Å². The lowest BCUT2D eigenvalue weighted by Crippen LogP contribution is -2.33. The van der Waals surface area contributed by atoms with Crippen LogP contribution in [0, 0.1) is 13.8 Å². The average molecular weight is 611 g/mol. The Bertz CT molecular complexity index is 1610. The molecule has 0 amide bonds. The summed E-state index contributed by atoms with van der Waals surface area (Å²) in [5.41, 5.74) is 3.98. The Morgan fingerprint density at radius 2 is 1.79 bits per heavy atom. The van der Waals surface area contributed by atoms with Crippen LogP contribution in [0.3, 0.4) is 0 Å². The number of nitrogens with zero attached hydrogens (tertiary/aromatic N) is 6. The van der Waals surface area contributed by atoms with Crippen LogP contribution < -0.4 is 4.31 Å².